The number of unbranched alkanes of at least 4 members (excludes halogenated alkanes) is 4. The molecule has 0 unspecified atom stereocenters. The predicted molar refractivity (Wildman–Crippen MR) is 107 cm³/mol. The SMILES string of the molecule is C=CCCCCCC[C@H](NC(=O)[C@@H](Cc1ccccc1)NC(C)=O)C(N)=O. The number of allylic oxidation sites excluding steroid dienone is 1. The van der Waals surface area contributed by atoms with Crippen molar-refractivity contribution in [3.63, 3.8) is 0 Å². The van der Waals surface area contributed by atoms with Crippen LogP contribution in [0.3, 0.4) is 0 Å². The van der Waals surface area contributed by atoms with E-state index < -0.39 is 23.9 Å². The molecule has 3 amide bonds. The molecular weight excluding hydrogens is 342 g/mol. The maximum atomic E-state index is 12.6. The largest absolute Gasteiger partial charge is 0.368 e. The molecule has 0 heterocycles. The summed E-state index contributed by atoms with van der Waals surface area (Å²) in [4.78, 5) is 35.8. The monoisotopic (exact) mass is 373 g/mol. The van der Waals surface area contributed by atoms with Gasteiger partial charge in [-0.2, -0.15) is 0 Å². The molecule has 1 aromatic carbocycles. The summed E-state index contributed by atoms with van der Waals surface area (Å²) >= 11 is 0. The number of nitrogens with one attached hydrogen (secondary N) is 2. The Morgan fingerprint density at radius 1 is 1.04 bits per heavy atom. The molecule has 6 heteroatoms. The summed E-state index contributed by atoms with van der Waals surface area (Å²) in [5.74, 6) is -1.26. The van der Waals surface area contributed by atoms with Crippen molar-refractivity contribution in [2.24, 2.45) is 5.73 Å². The Balaban J connectivity index is 2.61. The number of primary amides is 1. The van der Waals surface area contributed by atoms with Crippen molar-refractivity contribution in [2.75, 3.05) is 0 Å². The summed E-state index contributed by atoms with van der Waals surface area (Å²) in [6.45, 7) is 5.05. The summed E-state index contributed by atoms with van der Waals surface area (Å²) in [6.07, 6.45) is 7.59. The number of nitrogens with two attached hydrogens (primary N) is 1. The second-order valence-electron chi connectivity index (χ2n) is 6.69. The fourth-order valence-electron chi connectivity index (χ4n) is 2.85. The van der Waals surface area contributed by atoms with Crippen LogP contribution < -0.4 is 16.4 Å². The van der Waals surface area contributed by atoms with Gasteiger partial charge in [0.1, 0.15) is 12.1 Å². The molecule has 0 saturated heterocycles. The van der Waals surface area contributed by atoms with Crippen LogP contribution in [0.2, 0.25) is 0 Å². The third-order valence-corrected chi connectivity index (χ3v) is 4.29. The molecule has 0 aromatic heterocycles. The second kappa shape index (κ2) is 12.7. The molecule has 1 aromatic rings. The number of rotatable bonds is 13. The van der Waals surface area contributed by atoms with E-state index in [1.165, 1.54) is 6.92 Å². The lowest BCUT2D eigenvalue weighted by Crippen LogP contribution is -2.53. The Labute approximate surface area is 161 Å². The van der Waals surface area contributed by atoms with E-state index in [9.17, 15) is 14.4 Å². The first-order chi connectivity index (χ1) is 12.9. The molecular formula is C21H31N3O3. The Bertz CT molecular complexity index is 616. The number of benzene rings is 1. The number of carbonyl (C=O) groups excluding carboxylic acids is 3. The topological polar surface area (TPSA) is 101 Å². The molecule has 0 spiro atoms. The highest BCUT2D eigenvalue weighted by atomic mass is 16.2. The van der Waals surface area contributed by atoms with Crippen LogP contribution in [0.1, 0.15) is 51.0 Å². The van der Waals surface area contributed by atoms with E-state index in [0.717, 1.165) is 37.7 Å². The first-order valence-electron chi connectivity index (χ1n) is 9.45. The fourth-order valence-corrected chi connectivity index (χ4v) is 2.85. The first-order valence-corrected chi connectivity index (χ1v) is 9.45. The van der Waals surface area contributed by atoms with Crippen LogP contribution in [-0.2, 0) is 20.8 Å². The fraction of sp³-hybridized carbons (Fsp3) is 0.476. The molecule has 27 heavy (non-hydrogen) atoms. The molecule has 0 fully saturated rings. The summed E-state index contributed by atoms with van der Waals surface area (Å²) in [5.41, 5.74) is 6.37. The minimum Gasteiger partial charge on any atom is -0.368 e. The van der Waals surface area contributed by atoms with Gasteiger partial charge in [-0.1, -0.05) is 55.7 Å². The zero-order valence-corrected chi connectivity index (χ0v) is 16.1. The van der Waals surface area contributed by atoms with E-state index in [2.05, 4.69) is 17.2 Å². The molecule has 2 atom stereocenters. The minimum atomic E-state index is -0.751. The zero-order chi connectivity index (χ0) is 20.1. The average Bonchev–Trinajstić information content (AvgIpc) is 2.63. The van der Waals surface area contributed by atoms with Crippen LogP contribution in [0.15, 0.2) is 43.0 Å². The van der Waals surface area contributed by atoms with Gasteiger partial charge < -0.3 is 16.4 Å². The normalized spacial score (nSPS) is 12.6. The summed E-state index contributed by atoms with van der Waals surface area (Å²) in [5, 5.41) is 5.35. The lowest BCUT2D eigenvalue weighted by atomic mass is 10.0. The lowest BCUT2D eigenvalue weighted by molar-refractivity contribution is -0.130. The third-order valence-electron chi connectivity index (χ3n) is 4.29. The van der Waals surface area contributed by atoms with Crippen molar-refractivity contribution >= 4 is 17.7 Å². The maximum absolute atomic E-state index is 12.6. The molecule has 6 nitrogen and oxygen atoms in total. The van der Waals surface area contributed by atoms with Gasteiger partial charge in [-0.25, -0.2) is 0 Å². The molecule has 0 aliphatic carbocycles. The van der Waals surface area contributed by atoms with Gasteiger partial charge in [0.15, 0.2) is 0 Å². The van der Waals surface area contributed by atoms with E-state index >= 15 is 0 Å². The van der Waals surface area contributed by atoms with Crippen molar-refractivity contribution in [3.8, 4) is 0 Å². The second-order valence-corrected chi connectivity index (χ2v) is 6.69. The summed E-state index contributed by atoms with van der Waals surface area (Å²) in [6, 6.07) is 7.92. The average molecular weight is 373 g/mol. The highest BCUT2D eigenvalue weighted by Gasteiger charge is 2.24. The van der Waals surface area contributed by atoms with E-state index in [0.29, 0.717) is 12.8 Å². The number of hydrogen-bond acceptors (Lipinski definition) is 3. The van der Waals surface area contributed by atoms with Gasteiger partial charge in [0, 0.05) is 13.3 Å². The van der Waals surface area contributed by atoms with Crippen molar-refractivity contribution in [2.45, 2.75) is 64.0 Å². The molecule has 4 N–H and O–H groups in total. The van der Waals surface area contributed by atoms with Gasteiger partial charge in [0.2, 0.25) is 17.7 Å². The van der Waals surface area contributed by atoms with Crippen LogP contribution >= 0.6 is 0 Å². The Morgan fingerprint density at radius 2 is 1.70 bits per heavy atom. The quantitative estimate of drug-likeness (QED) is 0.365. The molecule has 0 radical (unpaired) electrons. The number of hydrogen-bond donors (Lipinski definition) is 3. The predicted octanol–water partition coefficient (Wildman–Crippen LogP) is 2.23. The van der Waals surface area contributed by atoms with Gasteiger partial charge in [0.25, 0.3) is 0 Å². The van der Waals surface area contributed by atoms with E-state index in [1.807, 2.05) is 36.4 Å². The van der Waals surface area contributed by atoms with Crippen LogP contribution in [-0.4, -0.2) is 29.8 Å². The first kappa shape index (κ1) is 22.4. The molecule has 1 rings (SSSR count). The van der Waals surface area contributed by atoms with E-state index in [1.54, 1.807) is 0 Å². The molecule has 0 aliphatic rings. The number of amides is 3. The molecule has 0 bridgehead atoms. The van der Waals surface area contributed by atoms with Gasteiger partial charge in [-0.15, -0.1) is 6.58 Å². The third kappa shape index (κ3) is 9.58. The lowest BCUT2D eigenvalue weighted by Gasteiger charge is -2.21. The van der Waals surface area contributed by atoms with E-state index in [-0.39, 0.29) is 5.91 Å². The summed E-state index contributed by atoms with van der Waals surface area (Å²) in [7, 11) is 0. The van der Waals surface area contributed by atoms with Crippen molar-refractivity contribution in [1.29, 1.82) is 0 Å². The van der Waals surface area contributed by atoms with Gasteiger partial charge in [-0.05, 0) is 24.8 Å². The maximum Gasteiger partial charge on any atom is 0.243 e. The Kier molecular flexibility index (Phi) is 10.5. The van der Waals surface area contributed by atoms with Crippen molar-refractivity contribution in [3.05, 3.63) is 48.6 Å². The van der Waals surface area contributed by atoms with Crippen LogP contribution in [0.5, 0.6) is 0 Å². The zero-order valence-electron chi connectivity index (χ0n) is 16.1. The Hall–Kier alpha value is -2.63. The van der Waals surface area contributed by atoms with Crippen LogP contribution in [0.25, 0.3) is 0 Å². The number of carbonyl (C=O) groups is 3. The van der Waals surface area contributed by atoms with Crippen molar-refractivity contribution < 1.29 is 14.4 Å². The Morgan fingerprint density at radius 3 is 2.30 bits per heavy atom. The van der Waals surface area contributed by atoms with Gasteiger partial charge in [-0.3, -0.25) is 14.4 Å². The van der Waals surface area contributed by atoms with Crippen LogP contribution in [0, 0.1) is 0 Å². The van der Waals surface area contributed by atoms with Gasteiger partial charge in [0.05, 0.1) is 0 Å². The smallest absolute Gasteiger partial charge is 0.243 e. The standard InChI is InChI=1S/C21H31N3O3/c1-3-4-5-6-7-11-14-18(20(22)26)24-21(27)19(23-16(2)25)15-17-12-9-8-10-13-17/h3,8-10,12-13,18-19H,1,4-7,11,14-15H2,2H3,(H2,22,26)(H,23,25)(H,24,27)/t18-,19+/m0/s1. The molecule has 0 aliphatic heterocycles. The summed E-state index contributed by atoms with van der Waals surface area (Å²) < 4.78 is 0. The molecule has 0 saturated carbocycles. The minimum absolute atomic E-state index is 0.302. The molecule has 148 valence electrons. The van der Waals surface area contributed by atoms with E-state index in [4.69, 9.17) is 5.73 Å². The van der Waals surface area contributed by atoms with Crippen molar-refractivity contribution in [1.82, 2.24) is 10.6 Å². The van der Waals surface area contributed by atoms with Gasteiger partial charge >= 0.3 is 0 Å². The highest BCUT2D eigenvalue weighted by molar-refractivity contribution is 5.91. The highest BCUT2D eigenvalue weighted by Crippen LogP contribution is 2.09. The van der Waals surface area contributed by atoms with Crippen LogP contribution in [0.4, 0.5) is 0 Å².